The van der Waals surface area contributed by atoms with E-state index in [0.717, 1.165) is 5.56 Å². The quantitative estimate of drug-likeness (QED) is 0.742. The summed E-state index contributed by atoms with van der Waals surface area (Å²) in [5.74, 6) is -1.60. The number of halogens is 1. The Bertz CT molecular complexity index is 448. The number of hydrogen-bond donors (Lipinski definition) is 2. The molecule has 4 nitrogen and oxygen atoms in total. The molecule has 0 saturated carbocycles. The van der Waals surface area contributed by atoms with Crippen molar-refractivity contribution in [1.29, 1.82) is 0 Å². The summed E-state index contributed by atoms with van der Waals surface area (Å²) >= 11 is 0. The second kappa shape index (κ2) is 7.51. The monoisotopic (exact) mass is 267 g/mol. The van der Waals surface area contributed by atoms with Crippen LogP contribution >= 0.6 is 0 Å². The molecule has 0 bridgehead atoms. The zero-order chi connectivity index (χ0) is 14.3. The Morgan fingerprint density at radius 1 is 1.42 bits per heavy atom. The SMILES string of the molecule is CC(Cc1cccc(F)c1)C(=O)NCCCC(=O)O. The summed E-state index contributed by atoms with van der Waals surface area (Å²) in [7, 11) is 0. The Balaban J connectivity index is 2.34. The molecule has 0 radical (unpaired) electrons. The number of hydrogen-bond acceptors (Lipinski definition) is 2. The molecule has 2 N–H and O–H groups in total. The van der Waals surface area contributed by atoms with E-state index in [1.54, 1.807) is 19.1 Å². The molecule has 19 heavy (non-hydrogen) atoms. The normalized spacial score (nSPS) is 11.9. The molecule has 0 saturated heterocycles. The van der Waals surface area contributed by atoms with Crippen molar-refractivity contribution in [2.75, 3.05) is 6.54 Å². The minimum absolute atomic E-state index is 0.0402. The smallest absolute Gasteiger partial charge is 0.303 e. The lowest BCUT2D eigenvalue weighted by molar-refractivity contribution is -0.137. The van der Waals surface area contributed by atoms with E-state index >= 15 is 0 Å². The van der Waals surface area contributed by atoms with Gasteiger partial charge in [0, 0.05) is 18.9 Å². The Morgan fingerprint density at radius 2 is 2.16 bits per heavy atom. The number of carbonyl (C=O) groups excluding carboxylic acids is 1. The van der Waals surface area contributed by atoms with Crippen LogP contribution in [0.25, 0.3) is 0 Å². The van der Waals surface area contributed by atoms with Crippen LogP contribution in [0, 0.1) is 11.7 Å². The second-order valence-corrected chi connectivity index (χ2v) is 4.52. The third kappa shape index (κ3) is 5.99. The van der Waals surface area contributed by atoms with E-state index in [0.29, 0.717) is 19.4 Å². The first-order chi connectivity index (χ1) is 8.99. The molecule has 0 heterocycles. The molecule has 1 amide bonds. The fourth-order valence-corrected chi connectivity index (χ4v) is 1.74. The molecule has 0 aromatic heterocycles. The Kier molecular flexibility index (Phi) is 5.99. The van der Waals surface area contributed by atoms with E-state index in [1.807, 2.05) is 0 Å². The standard InChI is InChI=1S/C14H18FNO3/c1-10(8-11-4-2-5-12(15)9-11)14(19)16-7-3-6-13(17)18/h2,4-5,9-10H,3,6-8H2,1H3,(H,16,19)(H,17,18). The van der Waals surface area contributed by atoms with Gasteiger partial charge in [0.15, 0.2) is 0 Å². The molecule has 0 aliphatic carbocycles. The van der Waals surface area contributed by atoms with Crippen molar-refractivity contribution >= 4 is 11.9 Å². The summed E-state index contributed by atoms with van der Waals surface area (Å²) in [5, 5.41) is 11.1. The first-order valence-electron chi connectivity index (χ1n) is 6.23. The maximum Gasteiger partial charge on any atom is 0.303 e. The molecular formula is C14H18FNO3. The molecule has 0 fully saturated rings. The van der Waals surface area contributed by atoms with Gasteiger partial charge in [-0.3, -0.25) is 9.59 Å². The van der Waals surface area contributed by atoms with Crippen LogP contribution in [0.2, 0.25) is 0 Å². The second-order valence-electron chi connectivity index (χ2n) is 4.52. The minimum atomic E-state index is -0.873. The van der Waals surface area contributed by atoms with Crippen molar-refractivity contribution in [3.05, 3.63) is 35.6 Å². The third-order valence-electron chi connectivity index (χ3n) is 2.75. The zero-order valence-corrected chi connectivity index (χ0v) is 10.9. The van der Waals surface area contributed by atoms with Gasteiger partial charge in [-0.15, -0.1) is 0 Å². The summed E-state index contributed by atoms with van der Waals surface area (Å²) in [5.41, 5.74) is 0.771. The van der Waals surface area contributed by atoms with E-state index in [4.69, 9.17) is 5.11 Å². The average molecular weight is 267 g/mol. The van der Waals surface area contributed by atoms with Gasteiger partial charge in [0.25, 0.3) is 0 Å². The van der Waals surface area contributed by atoms with E-state index in [9.17, 15) is 14.0 Å². The van der Waals surface area contributed by atoms with E-state index in [-0.39, 0.29) is 24.1 Å². The number of benzene rings is 1. The van der Waals surface area contributed by atoms with Crippen LogP contribution in [0.5, 0.6) is 0 Å². The molecule has 1 unspecified atom stereocenters. The van der Waals surface area contributed by atoms with Crippen LogP contribution in [0.3, 0.4) is 0 Å². The molecule has 5 heteroatoms. The van der Waals surface area contributed by atoms with Crippen LogP contribution in [-0.2, 0) is 16.0 Å². The zero-order valence-electron chi connectivity index (χ0n) is 10.9. The molecule has 0 aliphatic rings. The lowest BCUT2D eigenvalue weighted by Gasteiger charge is -2.12. The van der Waals surface area contributed by atoms with Gasteiger partial charge in [0.05, 0.1) is 0 Å². The Hall–Kier alpha value is -1.91. The number of carboxylic acids is 1. The molecule has 1 rings (SSSR count). The predicted molar refractivity (Wildman–Crippen MR) is 69.1 cm³/mol. The third-order valence-corrected chi connectivity index (χ3v) is 2.75. The van der Waals surface area contributed by atoms with Gasteiger partial charge in [-0.2, -0.15) is 0 Å². The average Bonchev–Trinajstić information content (AvgIpc) is 2.34. The first kappa shape index (κ1) is 15.1. The molecule has 1 atom stereocenters. The summed E-state index contributed by atoms with van der Waals surface area (Å²) in [6, 6.07) is 6.16. The van der Waals surface area contributed by atoms with Gasteiger partial charge in [-0.05, 0) is 30.5 Å². The molecule has 1 aromatic rings. The summed E-state index contributed by atoms with van der Waals surface area (Å²) in [6.07, 6.45) is 0.912. The summed E-state index contributed by atoms with van der Waals surface area (Å²) in [4.78, 5) is 22.0. The van der Waals surface area contributed by atoms with Gasteiger partial charge in [0.1, 0.15) is 5.82 Å². The van der Waals surface area contributed by atoms with Crippen molar-refractivity contribution in [2.45, 2.75) is 26.2 Å². The highest BCUT2D eigenvalue weighted by atomic mass is 19.1. The van der Waals surface area contributed by atoms with Crippen LogP contribution < -0.4 is 5.32 Å². The van der Waals surface area contributed by atoms with Crippen molar-refractivity contribution in [3.8, 4) is 0 Å². The topological polar surface area (TPSA) is 66.4 Å². The van der Waals surface area contributed by atoms with Crippen molar-refractivity contribution in [1.82, 2.24) is 5.32 Å². The van der Waals surface area contributed by atoms with E-state index in [2.05, 4.69) is 5.32 Å². The molecular weight excluding hydrogens is 249 g/mol. The number of carbonyl (C=O) groups is 2. The van der Waals surface area contributed by atoms with Gasteiger partial charge in [-0.1, -0.05) is 19.1 Å². The highest BCUT2D eigenvalue weighted by molar-refractivity contribution is 5.78. The highest BCUT2D eigenvalue weighted by Gasteiger charge is 2.13. The number of amides is 1. The van der Waals surface area contributed by atoms with Gasteiger partial charge >= 0.3 is 5.97 Å². The molecule has 104 valence electrons. The van der Waals surface area contributed by atoms with Crippen molar-refractivity contribution in [3.63, 3.8) is 0 Å². The number of nitrogens with one attached hydrogen (secondary N) is 1. The summed E-state index contributed by atoms with van der Waals surface area (Å²) in [6.45, 7) is 2.11. The van der Waals surface area contributed by atoms with Crippen LogP contribution in [0.15, 0.2) is 24.3 Å². The summed E-state index contributed by atoms with van der Waals surface area (Å²) < 4.78 is 13.0. The number of aliphatic carboxylic acids is 1. The van der Waals surface area contributed by atoms with Crippen molar-refractivity contribution in [2.24, 2.45) is 5.92 Å². The molecule has 0 spiro atoms. The van der Waals surface area contributed by atoms with Crippen LogP contribution in [-0.4, -0.2) is 23.5 Å². The Morgan fingerprint density at radius 3 is 2.79 bits per heavy atom. The number of carboxylic acid groups (broad SMARTS) is 1. The number of rotatable bonds is 7. The molecule has 0 aliphatic heterocycles. The van der Waals surface area contributed by atoms with E-state index in [1.165, 1.54) is 12.1 Å². The first-order valence-corrected chi connectivity index (χ1v) is 6.23. The van der Waals surface area contributed by atoms with Crippen LogP contribution in [0.4, 0.5) is 4.39 Å². The lowest BCUT2D eigenvalue weighted by Crippen LogP contribution is -2.31. The molecule has 1 aromatic carbocycles. The highest BCUT2D eigenvalue weighted by Crippen LogP contribution is 2.10. The van der Waals surface area contributed by atoms with Crippen molar-refractivity contribution < 1.29 is 19.1 Å². The lowest BCUT2D eigenvalue weighted by atomic mass is 10.0. The maximum absolute atomic E-state index is 13.0. The van der Waals surface area contributed by atoms with Gasteiger partial charge < -0.3 is 10.4 Å². The predicted octanol–water partition coefficient (Wildman–Crippen LogP) is 1.99. The van der Waals surface area contributed by atoms with Gasteiger partial charge in [-0.25, -0.2) is 4.39 Å². The van der Waals surface area contributed by atoms with E-state index < -0.39 is 5.97 Å². The Labute approximate surface area is 111 Å². The largest absolute Gasteiger partial charge is 0.481 e. The van der Waals surface area contributed by atoms with Crippen LogP contribution in [0.1, 0.15) is 25.3 Å². The maximum atomic E-state index is 13.0. The minimum Gasteiger partial charge on any atom is -0.481 e. The van der Waals surface area contributed by atoms with Gasteiger partial charge in [0.2, 0.25) is 5.91 Å². The fourth-order valence-electron chi connectivity index (χ4n) is 1.74. The fraction of sp³-hybridized carbons (Fsp3) is 0.429.